The highest BCUT2D eigenvalue weighted by Gasteiger charge is 2.30. The Labute approximate surface area is 131 Å². The summed E-state index contributed by atoms with van der Waals surface area (Å²) in [6, 6.07) is 5.24. The predicted octanol–water partition coefficient (Wildman–Crippen LogP) is 3.24. The summed E-state index contributed by atoms with van der Waals surface area (Å²) < 4.78 is 5.10. The van der Waals surface area contributed by atoms with E-state index in [2.05, 4.69) is 15.6 Å². The van der Waals surface area contributed by atoms with Gasteiger partial charge in [0, 0.05) is 16.6 Å². The third-order valence-electron chi connectivity index (χ3n) is 3.36. The Morgan fingerprint density at radius 3 is 2.82 bits per heavy atom. The molecule has 0 aliphatic heterocycles. The molecular formula is C15H14ClN3O3. The maximum Gasteiger partial charge on any atom is 0.302 e. The van der Waals surface area contributed by atoms with E-state index >= 15 is 0 Å². The molecule has 6 nitrogen and oxygen atoms in total. The summed E-state index contributed by atoms with van der Waals surface area (Å²) in [5.41, 5.74) is 1.57. The van der Waals surface area contributed by atoms with Gasteiger partial charge in [0.25, 0.3) is 5.91 Å². The number of carbonyl (C=O) groups is 2. The van der Waals surface area contributed by atoms with Crippen LogP contribution in [0.4, 0.5) is 11.7 Å². The minimum atomic E-state index is -0.430. The fraction of sp³-hybridized carbons (Fsp3) is 0.267. The Hall–Kier alpha value is -2.34. The first-order valence-corrected chi connectivity index (χ1v) is 7.24. The summed E-state index contributed by atoms with van der Waals surface area (Å²) in [4.78, 5) is 27.7. The van der Waals surface area contributed by atoms with E-state index in [9.17, 15) is 9.59 Å². The standard InChI is InChI=1S/C15H14ClN3O3/c1-8-2-5-10(16)6-11(8)17-14(21)12-7-22-15(18-12)19-13(20)9-3-4-9/h2,5-7,9H,3-4H2,1H3,(H,17,21)(H,18,19,20). The van der Waals surface area contributed by atoms with Crippen LogP contribution in [0.25, 0.3) is 0 Å². The van der Waals surface area contributed by atoms with Gasteiger partial charge in [-0.2, -0.15) is 4.98 Å². The highest BCUT2D eigenvalue weighted by molar-refractivity contribution is 6.31. The first kappa shape index (κ1) is 14.6. The van der Waals surface area contributed by atoms with E-state index in [1.807, 2.05) is 13.0 Å². The predicted molar refractivity (Wildman–Crippen MR) is 82.0 cm³/mol. The molecule has 7 heteroatoms. The van der Waals surface area contributed by atoms with Crippen LogP contribution in [0.5, 0.6) is 0 Å². The van der Waals surface area contributed by atoms with Crippen LogP contribution in [-0.4, -0.2) is 16.8 Å². The van der Waals surface area contributed by atoms with Gasteiger partial charge in [-0.15, -0.1) is 0 Å². The number of amides is 2. The van der Waals surface area contributed by atoms with Gasteiger partial charge in [-0.1, -0.05) is 17.7 Å². The van der Waals surface area contributed by atoms with Gasteiger partial charge < -0.3 is 9.73 Å². The Kier molecular flexibility index (Phi) is 3.85. The number of nitrogens with zero attached hydrogens (tertiary/aromatic N) is 1. The van der Waals surface area contributed by atoms with Gasteiger partial charge >= 0.3 is 6.01 Å². The third kappa shape index (κ3) is 3.28. The first-order valence-electron chi connectivity index (χ1n) is 6.87. The van der Waals surface area contributed by atoms with Gasteiger partial charge in [0.05, 0.1) is 0 Å². The quantitative estimate of drug-likeness (QED) is 0.906. The molecule has 114 valence electrons. The lowest BCUT2D eigenvalue weighted by atomic mass is 10.2. The molecule has 1 aromatic heterocycles. The molecule has 1 aliphatic rings. The molecule has 22 heavy (non-hydrogen) atoms. The monoisotopic (exact) mass is 319 g/mol. The van der Waals surface area contributed by atoms with Crippen molar-refractivity contribution in [2.24, 2.45) is 5.92 Å². The molecule has 3 rings (SSSR count). The topological polar surface area (TPSA) is 84.2 Å². The molecule has 0 spiro atoms. The number of hydrogen-bond donors (Lipinski definition) is 2. The van der Waals surface area contributed by atoms with Crippen LogP contribution < -0.4 is 10.6 Å². The van der Waals surface area contributed by atoms with Crippen molar-refractivity contribution in [1.29, 1.82) is 0 Å². The number of anilines is 2. The molecule has 1 fully saturated rings. The SMILES string of the molecule is Cc1ccc(Cl)cc1NC(=O)c1coc(NC(=O)C2CC2)n1. The fourth-order valence-corrected chi connectivity index (χ4v) is 2.08. The second kappa shape index (κ2) is 5.81. The lowest BCUT2D eigenvalue weighted by molar-refractivity contribution is -0.117. The summed E-state index contributed by atoms with van der Waals surface area (Å²) in [5.74, 6) is -0.515. The third-order valence-corrected chi connectivity index (χ3v) is 3.60. The Morgan fingerprint density at radius 1 is 1.32 bits per heavy atom. The molecule has 0 radical (unpaired) electrons. The normalized spacial score (nSPS) is 13.7. The Bertz CT molecular complexity index is 737. The number of aryl methyl sites for hydroxylation is 1. The van der Waals surface area contributed by atoms with Crippen molar-refractivity contribution in [2.45, 2.75) is 19.8 Å². The summed E-state index contributed by atoms with van der Waals surface area (Å²) in [5, 5.41) is 5.78. The summed E-state index contributed by atoms with van der Waals surface area (Å²) in [6.07, 6.45) is 2.97. The zero-order chi connectivity index (χ0) is 15.7. The van der Waals surface area contributed by atoms with Gasteiger partial charge in [-0.3, -0.25) is 14.9 Å². The van der Waals surface area contributed by atoms with Gasteiger partial charge in [0.2, 0.25) is 5.91 Å². The van der Waals surface area contributed by atoms with Gasteiger partial charge in [0.15, 0.2) is 5.69 Å². The van der Waals surface area contributed by atoms with Crippen molar-refractivity contribution in [1.82, 2.24) is 4.98 Å². The summed E-state index contributed by atoms with van der Waals surface area (Å²) >= 11 is 5.91. The molecule has 2 N–H and O–H groups in total. The number of aromatic nitrogens is 1. The van der Waals surface area contributed by atoms with Crippen LogP contribution in [0.2, 0.25) is 5.02 Å². The second-order valence-electron chi connectivity index (χ2n) is 5.21. The number of carbonyl (C=O) groups excluding carboxylic acids is 2. The van der Waals surface area contributed by atoms with Crippen LogP contribution in [0, 0.1) is 12.8 Å². The second-order valence-corrected chi connectivity index (χ2v) is 5.65. The molecule has 0 atom stereocenters. The number of rotatable bonds is 4. The van der Waals surface area contributed by atoms with E-state index in [4.69, 9.17) is 16.0 Å². The number of hydrogen-bond acceptors (Lipinski definition) is 4. The van der Waals surface area contributed by atoms with E-state index in [1.165, 1.54) is 6.26 Å². The van der Waals surface area contributed by atoms with E-state index in [-0.39, 0.29) is 23.5 Å². The van der Waals surface area contributed by atoms with E-state index < -0.39 is 5.91 Å². The highest BCUT2D eigenvalue weighted by Crippen LogP contribution is 2.30. The van der Waals surface area contributed by atoms with Crippen LogP contribution in [0.1, 0.15) is 28.9 Å². The molecule has 2 amide bonds. The molecule has 1 aliphatic carbocycles. The van der Waals surface area contributed by atoms with Crippen molar-refractivity contribution < 1.29 is 14.0 Å². The zero-order valence-electron chi connectivity index (χ0n) is 11.9. The fourth-order valence-electron chi connectivity index (χ4n) is 1.90. The average Bonchev–Trinajstić information content (AvgIpc) is 3.23. The van der Waals surface area contributed by atoms with Gasteiger partial charge in [-0.25, -0.2) is 0 Å². The Balaban J connectivity index is 1.68. The molecule has 1 saturated carbocycles. The lowest BCUT2D eigenvalue weighted by Gasteiger charge is -2.06. The average molecular weight is 320 g/mol. The number of oxazole rings is 1. The molecule has 0 saturated heterocycles. The van der Waals surface area contributed by atoms with Gasteiger partial charge in [0.1, 0.15) is 6.26 Å². The molecule has 1 aromatic carbocycles. The van der Waals surface area contributed by atoms with E-state index in [1.54, 1.807) is 12.1 Å². The van der Waals surface area contributed by atoms with Crippen molar-refractivity contribution in [3.63, 3.8) is 0 Å². The van der Waals surface area contributed by atoms with Gasteiger partial charge in [-0.05, 0) is 37.5 Å². The van der Waals surface area contributed by atoms with Crippen LogP contribution >= 0.6 is 11.6 Å². The number of halogens is 1. The first-order chi connectivity index (χ1) is 10.5. The molecule has 0 bridgehead atoms. The highest BCUT2D eigenvalue weighted by atomic mass is 35.5. The number of nitrogens with one attached hydrogen (secondary N) is 2. The Morgan fingerprint density at radius 2 is 2.09 bits per heavy atom. The van der Waals surface area contributed by atoms with E-state index in [0.29, 0.717) is 10.7 Å². The van der Waals surface area contributed by atoms with Crippen molar-refractivity contribution in [2.75, 3.05) is 10.6 Å². The van der Waals surface area contributed by atoms with Crippen molar-refractivity contribution in [3.8, 4) is 0 Å². The molecular weight excluding hydrogens is 306 g/mol. The minimum Gasteiger partial charge on any atom is -0.431 e. The zero-order valence-corrected chi connectivity index (χ0v) is 12.6. The molecule has 1 heterocycles. The van der Waals surface area contributed by atoms with Crippen molar-refractivity contribution >= 4 is 35.1 Å². The summed E-state index contributed by atoms with van der Waals surface area (Å²) in [6.45, 7) is 1.86. The summed E-state index contributed by atoms with van der Waals surface area (Å²) in [7, 11) is 0. The van der Waals surface area contributed by atoms with Crippen LogP contribution in [-0.2, 0) is 4.79 Å². The number of benzene rings is 1. The van der Waals surface area contributed by atoms with Crippen LogP contribution in [0.3, 0.4) is 0 Å². The molecule has 2 aromatic rings. The smallest absolute Gasteiger partial charge is 0.302 e. The maximum atomic E-state index is 12.1. The largest absolute Gasteiger partial charge is 0.431 e. The maximum absolute atomic E-state index is 12.1. The minimum absolute atomic E-state index is 0.0323. The molecule has 0 unspecified atom stereocenters. The van der Waals surface area contributed by atoms with E-state index in [0.717, 1.165) is 18.4 Å². The van der Waals surface area contributed by atoms with Crippen LogP contribution in [0.15, 0.2) is 28.9 Å². The lowest BCUT2D eigenvalue weighted by Crippen LogP contribution is -2.15. The van der Waals surface area contributed by atoms with Crippen molar-refractivity contribution in [3.05, 3.63) is 40.7 Å².